The summed E-state index contributed by atoms with van der Waals surface area (Å²) in [6.07, 6.45) is 0.114. The lowest BCUT2D eigenvalue weighted by atomic mass is 9.88. The summed E-state index contributed by atoms with van der Waals surface area (Å²) in [6, 6.07) is 7.08. The second-order valence-electron chi connectivity index (χ2n) is 6.41. The van der Waals surface area contributed by atoms with Crippen LogP contribution in [0.5, 0.6) is 0 Å². The number of aliphatic carboxylic acids is 2. The second-order valence-corrected chi connectivity index (χ2v) is 6.41. The largest absolute Gasteiger partial charge is 0.480 e. The van der Waals surface area contributed by atoms with Gasteiger partial charge in [-0.05, 0) is 38.4 Å². The van der Waals surface area contributed by atoms with Gasteiger partial charge >= 0.3 is 11.9 Å². The monoisotopic (exact) mass is 334 g/mol. The Kier molecular flexibility index (Phi) is 4.94. The Morgan fingerprint density at radius 2 is 1.92 bits per heavy atom. The first-order valence-electron chi connectivity index (χ1n) is 7.70. The van der Waals surface area contributed by atoms with Gasteiger partial charge in [-0.25, -0.2) is 0 Å². The fourth-order valence-corrected chi connectivity index (χ4v) is 3.37. The van der Waals surface area contributed by atoms with Crippen LogP contribution in [-0.4, -0.2) is 52.1 Å². The maximum atomic E-state index is 12.5. The number of nitrogens with one attached hydrogen (secondary N) is 1. The van der Waals surface area contributed by atoms with Crippen molar-refractivity contribution < 1.29 is 24.6 Å². The lowest BCUT2D eigenvalue weighted by Crippen LogP contribution is -2.46. The highest BCUT2D eigenvalue weighted by Crippen LogP contribution is 2.46. The van der Waals surface area contributed by atoms with Crippen LogP contribution >= 0.6 is 0 Å². The van der Waals surface area contributed by atoms with Crippen molar-refractivity contribution in [2.45, 2.75) is 31.8 Å². The van der Waals surface area contributed by atoms with Crippen molar-refractivity contribution in [2.24, 2.45) is 5.92 Å². The Morgan fingerprint density at radius 3 is 2.46 bits per heavy atom. The van der Waals surface area contributed by atoms with E-state index in [1.165, 1.54) is 0 Å². The van der Waals surface area contributed by atoms with Crippen molar-refractivity contribution in [1.29, 1.82) is 0 Å². The van der Waals surface area contributed by atoms with Crippen LogP contribution in [0.3, 0.4) is 0 Å². The fraction of sp³-hybridized carbons (Fsp3) is 0.471. The molecule has 130 valence electrons. The maximum absolute atomic E-state index is 12.5. The molecular weight excluding hydrogens is 312 g/mol. The Bertz CT molecular complexity index is 675. The molecule has 1 amide bonds. The summed E-state index contributed by atoms with van der Waals surface area (Å²) in [5.74, 6) is -3.22. The van der Waals surface area contributed by atoms with Crippen molar-refractivity contribution in [3.8, 4) is 0 Å². The molecule has 2 rings (SSSR count). The van der Waals surface area contributed by atoms with Crippen LogP contribution in [0.4, 0.5) is 0 Å². The minimum absolute atomic E-state index is 0.114. The van der Waals surface area contributed by atoms with E-state index in [9.17, 15) is 19.5 Å². The van der Waals surface area contributed by atoms with Crippen molar-refractivity contribution in [2.75, 3.05) is 13.6 Å². The molecule has 3 atom stereocenters. The normalized spacial score (nSPS) is 27.0. The number of likely N-dealkylation sites (N-methyl/N-ethyl adjacent to an activating group) is 1. The van der Waals surface area contributed by atoms with E-state index in [-0.39, 0.29) is 6.42 Å². The summed E-state index contributed by atoms with van der Waals surface area (Å²) in [4.78, 5) is 36.7. The van der Waals surface area contributed by atoms with Crippen molar-refractivity contribution in [3.05, 3.63) is 35.4 Å². The van der Waals surface area contributed by atoms with Crippen LogP contribution in [-0.2, 0) is 14.4 Å². The van der Waals surface area contributed by atoms with E-state index in [4.69, 9.17) is 5.11 Å². The van der Waals surface area contributed by atoms with Gasteiger partial charge in [0.15, 0.2) is 0 Å². The summed E-state index contributed by atoms with van der Waals surface area (Å²) in [5, 5.41) is 20.8. The van der Waals surface area contributed by atoms with Gasteiger partial charge in [-0.2, -0.15) is 0 Å². The van der Waals surface area contributed by atoms with Gasteiger partial charge < -0.3 is 15.5 Å². The number of aryl methyl sites for hydroxylation is 1. The van der Waals surface area contributed by atoms with Crippen molar-refractivity contribution in [1.82, 2.24) is 10.2 Å². The van der Waals surface area contributed by atoms with Crippen LogP contribution in [0.2, 0.25) is 0 Å². The Hall–Kier alpha value is -2.41. The summed E-state index contributed by atoms with van der Waals surface area (Å²) >= 11 is 0. The van der Waals surface area contributed by atoms with Gasteiger partial charge in [-0.1, -0.05) is 24.3 Å². The lowest BCUT2D eigenvalue weighted by molar-refractivity contribution is -0.148. The molecule has 1 heterocycles. The summed E-state index contributed by atoms with van der Waals surface area (Å²) in [5.41, 5.74) is 0.638. The van der Waals surface area contributed by atoms with E-state index in [1.807, 2.05) is 31.2 Å². The zero-order valence-electron chi connectivity index (χ0n) is 13.9. The van der Waals surface area contributed by atoms with Gasteiger partial charge in [-0.3, -0.25) is 19.3 Å². The van der Waals surface area contributed by atoms with Gasteiger partial charge in [0.1, 0.15) is 12.1 Å². The molecule has 1 fully saturated rings. The van der Waals surface area contributed by atoms with E-state index >= 15 is 0 Å². The highest BCUT2D eigenvalue weighted by molar-refractivity contribution is 5.87. The molecule has 7 heteroatoms. The summed E-state index contributed by atoms with van der Waals surface area (Å²) < 4.78 is 0. The molecule has 3 N–H and O–H groups in total. The Labute approximate surface area is 140 Å². The average molecular weight is 334 g/mol. The predicted octanol–water partition coefficient (Wildman–Crippen LogP) is 1.03. The highest BCUT2D eigenvalue weighted by atomic mass is 16.4. The number of amides is 1. The number of likely N-dealkylation sites (tertiary alicyclic amines) is 1. The molecule has 0 unspecified atom stereocenters. The van der Waals surface area contributed by atoms with Crippen LogP contribution < -0.4 is 5.32 Å². The number of rotatable bonds is 5. The summed E-state index contributed by atoms with van der Waals surface area (Å²) in [7, 11) is 1.69. The molecule has 1 saturated heterocycles. The summed E-state index contributed by atoms with van der Waals surface area (Å²) in [6.45, 7) is 3.01. The third kappa shape index (κ3) is 3.12. The average Bonchev–Trinajstić information content (AvgIpc) is 2.79. The van der Waals surface area contributed by atoms with E-state index in [2.05, 4.69) is 5.32 Å². The van der Waals surface area contributed by atoms with Gasteiger partial charge in [0.05, 0.1) is 5.92 Å². The highest BCUT2D eigenvalue weighted by Gasteiger charge is 2.54. The minimum atomic E-state index is -1.20. The number of carboxylic acid groups (broad SMARTS) is 2. The first-order chi connectivity index (χ1) is 11.2. The molecule has 0 aromatic heterocycles. The molecule has 1 aromatic rings. The maximum Gasteiger partial charge on any atom is 0.323 e. The fourth-order valence-electron chi connectivity index (χ4n) is 3.37. The van der Waals surface area contributed by atoms with E-state index in [0.29, 0.717) is 0 Å². The molecule has 0 bridgehead atoms. The molecule has 1 aliphatic heterocycles. The second kappa shape index (κ2) is 6.60. The molecule has 1 aliphatic rings. The molecule has 0 saturated carbocycles. The third-order valence-electron chi connectivity index (χ3n) is 4.91. The number of hydrogen-bond acceptors (Lipinski definition) is 4. The Morgan fingerprint density at radius 1 is 1.29 bits per heavy atom. The number of carboxylic acids is 2. The minimum Gasteiger partial charge on any atom is -0.480 e. The number of benzene rings is 1. The van der Waals surface area contributed by atoms with Gasteiger partial charge in [-0.15, -0.1) is 0 Å². The quantitative estimate of drug-likeness (QED) is 0.742. The van der Waals surface area contributed by atoms with Crippen LogP contribution in [0.1, 0.15) is 30.5 Å². The zero-order valence-corrected chi connectivity index (χ0v) is 13.9. The lowest BCUT2D eigenvalue weighted by Gasteiger charge is -2.32. The molecule has 0 radical (unpaired) electrons. The topological polar surface area (TPSA) is 107 Å². The molecule has 0 spiro atoms. The molecular formula is C17H22N2O5. The standard InChI is InChI=1S/C17H22N2O5/c1-10-6-4-5-7-11(10)14-12(15(22)18-9-13(20)21)8-17(2,16(23)24)19(14)3/h4-7,12,14H,8-9H2,1-3H3,(H,18,22)(H,20,21)(H,23,24)/t12-,14-,17-/m1/s1. The molecule has 7 nitrogen and oxygen atoms in total. The first kappa shape index (κ1) is 17.9. The van der Waals surface area contributed by atoms with Gasteiger partial charge in [0.2, 0.25) is 5.91 Å². The van der Waals surface area contributed by atoms with Gasteiger partial charge in [0.25, 0.3) is 0 Å². The number of carbonyl (C=O) groups is 3. The Balaban J connectivity index is 2.42. The third-order valence-corrected chi connectivity index (χ3v) is 4.91. The van der Waals surface area contributed by atoms with E-state index in [0.717, 1.165) is 11.1 Å². The molecule has 1 aromatic carbocycles. The van der Waals surface area contributed by atoms with Crippen LogP contribution in [0, 0.1) is 12.8 Å². The van der Waals surface area contributed by atoms with E-state index < -0.39 is 41.9 Å². The van der Waals surface area contributed by atoms with Crippen molar-refractivity contribution >= 4 is 17.8 Å². The van der Waals surface area contributed by atoms with Crippen LogP contribution in [0.25, 0.3) is 0 Å². The predicted molar refractivity (Wildman–Crippen MR) is 86.5 cm³/mol. The zero-order chi connectivity index (χ0) is 18.1. The van der Waals surface area contributed by atoms with E-state index in [1.54, 1.807) is 18.9 Å². The van der Waals surface area contributed by atoms with Crippen LogP contribution in [0.15, 0.2) is 24.3 Å². The first-order valence-corrected chi connectivity index (χ1v) is 7.70. The van der Waals surface area contributed by atoms with Crippen molar-refractivity contribution in [3.63, 3.8) is 0 Å². The number of hydrogen-bond donors (Lipinski definition) is 3. The SMILES string of the molecule is Cc1ccccc1[C@@H]1[C@H](C(=O)NCC(=O)O)C[C@](C)(C(=O)O)N1C. The molecule has 0 aliphatic carbocycles. The van der Waals surface area contributed by atoms with Gasteiger partial charge in [0, 0.05) is 6.04 Å². The smallest absolute Gasteiger partial charge is 0.323 e. The number of carbonyl (C=O) groups excluding carboxylic acids is 1. The number of nitrogens with zero attached hydrogens (tertiary/aromatic N) is 1. The molecule has 24 heavy (non-hydrogen) atoms.